The number of rotatable bonds is 6. The van der Waals surface area contributed by atoms with Crippen molar-refractivity contribution in [1.29, 1.82) is 0 Å². The minimum absolute atomic E-state index is 0.0862. The normalized spacial score (nSPS) is 12.1. The summed E-state index contributed by atoms with van der Waals surface area (Å²) < 4.78 is 10.7. The topological polar surface area (TPSA) is 90.4 Å². The molecule has 0 amide bonds. The van der Waals surface area contributed by atoms with Gasteiger partial charge < -0.3 is 14.5 Å². The maximum atomic E-state index is 11.0. The van der Waals surface area contributed by atoms with E-state index in [0.717, 1.165) is 5.76 Å². The van der Waals surface area contributed by atoms with Gasteiger partial charge in [-0.3, -0.25) is 10.1 Å². The molecule has 0 aliphatic carbocycles. The molecule has 0 radical (unpaired) electrons. The number of nitrogens with one attached hydrogen (secondary N) is 1. The number of methoxy groups -OCH3 is 1. The average molecular weight is 277 g/mol. The van der Waals surface area contributed by atoms with E-state index in [1.54, 1.807) is 13.2 Å². The van der Waals surface area contributed by atoms with Crippen molar-refractivity contribution in [2.75, 3.05) is 19.0 Å². The Morgan fingerprint density at radius 3 is 2.90 bits per heavy atom. The molecule has 7 nitrogen and oxygen atoms in total. The summed E-state index contributed by atoms with van der Waals surface area (Å²) in [5, 5.41) is 14.0. The Hall–Kier alpha value is -2.41. The van der Waals surface area contributed by atoms with Crippen LogP contribution in [0.1, 0.15) is 17.6 Å². The number of nitrogens with zero attached hydrogens (tertiary/aromatic N) is 2. The van der Waals surface area contributed by atoms with Gasteiger partial charge in [-0.15, -0.1) is 0 Å². The Balaban J connectivity index is 2.27. The number of hydrogen-bond donors (Lipinski definition) is 1. The number of aromatic nitrogens is 1. The van der Waals surface area contributed by atoms with E-state index in [2.05, 4.69) is 10.3 Å². The van der Waals surface area contributed by atoms with Crippen molar-refractivity contribution in [1.82, 2.24) is 4.98 Å². The minimum Gasteiger partial charge on any atom is -0.464 e. The van der Waals surface area contributed by atoms with Crippen LogP contribution in [-0.4, -0.2) is 23.6 Å². The molecule has 2 aromatic rings. The maximum absolute atomic E-state index is 11.0. The Kier molecular flexibility index (Phi) is 4.31. The van der Waals surface area contributed by atoms with Crippen molar-refractivity contribution in [2.45, 2.75) is 13.0 Å². The van der Waals surface area contributed by atoms with Crippen LogP contribution in [0.15, 0.2) is 34.9 Å². The summed E-state index contributed by atoms with van der Waals surface area (Å²) in [7, 11) is 1.55. The van der Waals surface area contributed by atoms with Gasteiger partial charge in [0, 0.05) is 19.4 Å². The first-order chi connectivity index (χ1) is 9.61. The van der Waals surface area contributed by atoms with Crippen molar-refractivity contribution >= 4 is 11.5 Å². The van der Waals surface area contributed by atoms with E-state index in [-0.39, 0.29) is 17.5 Å². The summed E-state index contributed by atoms with van der Waals surface area (Å²) in [5.74, 6) is 1.59. The Bertz CT molecular complexity index is 597. The van der Waals surface area contributed by atoms with Gasteiger partial charge in [-0.2, -0.15) is 0 Å². The zero-order chi connectivity index (χ0) is 14.5. The monoisotopic (exact) mass is 277 g/mol. The summed E-state index contributed by atoms with van der Waals surface area (Å²) in [6, 6.07) is 6.20. The molecule has 0 saturated heterocycles. The molecule has 1 unspecified atom stereocenters. The van der Waals surface area contributed by atoms with E-state index in [1.165, 1.54) is 18.3 Å². The van der Waals surface area contributed by atoms with E-state index < -0.39 is 4.92 Å². The largest absolute Gasteiger partial charge is 0.464 e. The molecule has 7 heteroatoms. The summed E-state index contributed by atoms with van der Waals surface area (Å²) in [4.78, 5) is 14.5. The molecule has 0 aliphatic rings. The van der Waals surface area contributed by atoms with E-state index in [4.69, 9.17) is 9.15 Å². The molecule has 0 aromatic carbocycles. The van der Waals surface area contributed by atoms with Gasteiger partial charge >= 0.3 is 5.69 Å². The van der Waals surface area contributed by atoms with Gasteiger partial charge in [-0.05, 0) is 25.1 Å². The van der Waals surface area contributed by atoms with Gasteiger partial charge in [0.1, 0.15) is 17.6 Å². The third-order valence-corrected chi connectivity index (χ3v) is 2.73. The minimum atomic E-state index is -0.480. The summed E-state index contributed by atoms with van der Waals surface area (Å²) in [6.07, 6.45) is 1.49. The lowest BCUT2D eigenvalue weighted by atomic mass is 10.2. The molecule has 1 atom stereocenters. The van der Waals surface area contributed by atoms with Gasteiger partial charge in [0.05, 0.1) is 11.5 Å². The van der Waals surface area contributed by atoms with Gasteiger partial charge in [-0.1, -0.05) is 0 Å². The molecule has 0 bridgehead atoms. The SMILES string of the molecule is COCC(Nc1ncccc1[N+](=O)[O-])c1ccc(C)o1. The van der Waals surface area contributed by atoms with Crippen LogP contribution >= 0.6 is 0 Å². The second-order valence-corrected chi connectivity index (χ2v) is 4.23. The van der Waals surface area contributed by atoms with E-state index in [9.17, 15) is 10.1 Å². The molecule has 2 rings (SSSR count). The van der Waals surface area contributed by atoms with Gasteiger partial charge in [0.25, 0.3) is 0 Å². The second-order valence-electron chi connectivity index (χ2n) is 4.23. The first-order valence-corrected chi connectivity index (χ1v) is 6.03. The van der Waals surface area contributed by atoms with Crippen molar-refractivity contribution in [3.8, 4) is 0 Å². The number of furan rings is 1. The zero-order valence-electron chi connectivity index (χ0n) is 11.2. The highest BCUT2D eigenvalue weighted by Gasteiger charge is 2.21. The highest BCUT2D eigenvalue weighted by atomic mass is 16.6. The number of ether oxygens (including phenoxy) is 1. The second kappa shape index (κ2) is 6.16. The van der Waals surface area contributed by atoms with Crippen LogP contribution in [0.25, 0.3) is 0 Å². The fourth-order valence-electron chi connectivity index (χ4n) is 1.82. The fourth-order valence-corrected chi connectivity index (χ4v) is 1.82. The van der Waals surface area contributed by atoms with Crippen molar-refractivity contribution in [3.63, 3.8) is 0 Å². The number of pyridine rings is 1. The zero-order valence-corrected chi connectivity index (χ0v) is 11.2. The molecule has 0 aliphatic heterocycles. The maximum Gasteiger partial charge on any atom is 0.311 e. The van der Waals surface area contributed by atoms with Crippen molar-refractivity contribution in [2.24, 2.45) is 0 Å². The molecule has 0 spiro atoms. The Morgan fingerprint density at radius 2 is 2.30 bits per heavy atom. The van der Waals surface area contributed by atoms with Crippen LogP contribution in [0.5, 0.6) is 0 Å². The summed E-state index contributed by atoms with van der Waals surface area (Å²) in [5.41, 5.74) is -0.0862. The molecular weight excluding hydrogens is 262 g/mol. The van der Waals surface area contributed by atoms with Crippen molar-refractivity contribution in [3.05, 3.63) is 52.1 Å². The Labute approximate surface area is 115 Å². The molecule has 0 saturated carbocycles. The first kappa shape index (κ1) is 14.0. The summed E-state index contributed by atoms with van der Waals surface area (Å²) >= 11 is 0. The number of nitro groups is 1. The quantitative estimate of drug-likeness (QED) is 0.644. The van der Waals surface area contributed by atoms with Crippen LogP contribution in [0.2, 0.25) is 0 Å². The number of anilines is 1. The lowest BCUT2D eigenvalue weighted by Gasteiger charge is -2.16. The third kappa shape index (κ3) is 3.12. The van der Waals surface area contributed by atoms with Gasteiger partial charge in [0.2, 0.25) is 5.82 Å². The molecule has 0 fully saturated rings. The van der Waals surface area contributed by atoms with Crippen LogP contribution in [0.3, 0.4) is 0 Å². The predicted octanol–water partition coefficient (Wildman–Crippen LogP) is 2.69. The van der Waals surface area contributed by atoms with Crippen LogP contribution in [-0.2, 0) is 4.74 Å². The third-order valence-electron chi connectivity index (χ3n) is 2.73. The van der Waals surface area contributed by atoms with E-state index >= 15 is 0 Å². The van der Waals surface area contributed by atoms with E-state index in [1.807, 2.05) is 13.0 Å². The Morgan fingerprint density at radius 1 is 1.50 bits per heavy atom. The average Bonchev–Trinajstić information content (AvgIpc) is 2.85. The molecule has 2 aromatic heterocycles. The van der Waals surface area contributed by atoms with Gasteiger partial charge in [-0.25, -0.2) is 4.98 Å². The summed E-state index contributed by atoms with van der Waals surface area (Å²) in [6.45, 7) is 2.14. The molecule has 1 N–H and O–H groups in total. The predicted molar refractivity (Wildman–Crippen MR) is 72.6 cm³/mol. The fraction of sp³-hybridized carbons (Fsp3) is 0.308. The highest BCUT2D eigenvalue weighted by molar-refractivity contribution is 5.56. The van der Waals surface area contributed by atoms with E-state index in [0.29, 0.717) is 12.4 Å². The van der Waals surface area contributed by atoms with Crippen LogP contribution < -0.4 is 5.32 Å². The molecular formula is C13H15N3O4. The van der Waals surface area contributed by atoms with Crippen LogP contribution in [0, 0.1) is 17.0 Å². The number of hydrogen-bond acceptors (Lipinski definition) is 6. The van der Waals surface area contributed by atoms with Crippen LogP contribution in [0.4, 0.5) is 11.5 Å². The molecule has 2 heterocycles. The lowest BCUT2D eigenvalue weighted by molar-refractivity contribution is -0.384. The van der Waals surface area contributed by atoms with Gasteiger partial charge in [0.15, 0.2) is 0 Å². The highest BCUT2D eigenvalue weighted by Crippen LogP contribution is 2.26. The standard InChI is InChI=1S/C13H15N3O4/c1-9-5-6-12(20-9)10(8-19-2)15-13-11(16(17)18)4-3-7-14-13/h3-7,10H,8H2,1-2H3,(H,14,15). The lowest BCUT2D eigenvalue weighted by Crippen LogP contribution is -2.17. The molecule has 106 valence electrons. The van der Waals surface area contributed by atoms with Crippen molar-refractivity contribution < 1.29 is 14.1 Å². The first-order valence-electron chi connectivity index (χ1n) is 6.03. The smallest absolute Gasteiger partial charge is 0.311 e. The number of aryl methyl sites for hydroxylation is 1. The molecule has 20 heavy (non-hydrogen) atoms.